The van der Waals surface area contributed by atoms with Crippen molar-refractivity contribution in [3.8, 4) is 0 Å². The summed E-state index contributed by atoms with van der Waals surface area (Å²) in [6, 6.07) is 0. The van der Waals surface area contributed by atoms with Gasteiger partial charge in [-0.3, -0.25) is 5.32 Å². The Balaban J connectivity index is 3.21. The minimum absolute atomic E-state index is 0.162. The van der Waals surface area contributed by atoms with Crippen molar-refractivity contribution in [2.24, 2.45) is 0 Å². The van der Waals surface area contributed by atoms with Gasteiger partial charge in [0.2, 0.25) is 0 Å². The van der Waals surface area contributed by atoms with E-state index >= 15 is 0 Å². The van der Waals surface area contributed by atoms with Gasteiger partial charge in [0.15, 0.2) is 0 Å². The van der Waals surface area contributed by atoms with Crippen LogP contribution in [0.1, 0.15) is 34.6 Å². The second-order valence-corrected chi connectivity index (χ2v) is 3.79. The van der Waals surface area contributed by atoms with Crippen LogP contribution < -0.4 is 5.32 Å². The summed E-state index contributed by atoms with van der Waals surface area (Å²) in [4.78, 5) is 0. The van der Waals surface area contributed by atoms with E-state index in [1.165, 1.54) is 0 Å². The highest BCUT2D eigenvalue weighted by atomic mass is 16.5. The Morgan fingerprint density at radius 2 is 1.80 bits per heavy atom. The van der Waals surface area contributed by atoms with E-state index in [0.29, 0.717) is 12.8 Å². The van der Waals surface area contributed by atoms with Gasteiger partial charge in [0, 0.05) is 5.54 Å². The molecule has 0 saturated carbocycles. The maximum atomic E-state index is 5.31. The third-order valence-electron chi connectivity index (χ3n) is 1.02. The highest BCUT2D eigenvalue weighted by Gasteiger charge is 2.07. The van der Waals surface area contributed by atoms with Crippen LogP contribution in [0.4, 0.5) is 0 Å². The van der Waals surface area contributed by atoms with Crippen LogP contribution in [0.15, 0.2) is 0 Å². The first-order valence-corrected chi connectivity index (χ1v) is 3.78. The SMILES string of the molecule is CC(C)OCNC(C)(C)C. The smallest absolute Gasteiger partial charge is 0.0972 e. The number of ether oxygens (including phenoxy) is 1. The third kappa shape index (κ3) is 7.92. The topological polar surface area (TPSA) is 21.3 Å². The molecular formula is C8H19NO. The molecule has 0 saturated heterocycles. The molecule has 0 aliphatic rings. The number of hydrogen-bond acceptors (Lipinski definition) is 2. The maximum Gasteiger partial charge on any atom is 0.0972 e. The predicted octanol–water partition coefficient (Wildman–Crippen LogP) is 1.76. The second kappa shape index (κ2) is 3.94. The Bertz CT molecular complexity index is 83.7. The lowest BCUT2D eigenvalue weighted by molar-refractivity contribution is 0.0515. The van der Waals surface area contributed by atoms with Crippen LogP contribution in [0, 0.1) is 0 Å². The lowest BCUT2D eigenvalue weighted by Crippen LogP contribution is -2.38. The van der Waals surface area contributed by atoms with Crippen molar-refractivity contribution < 1.29 is 4.74 Å². The Morgan fingerprint density at radius 3 is 2.10 bits per heavy atom. The predicted molar refractivity (Wildman–Crippen MR) is 44.0 cm³/mol. The minimum atomic E-state index is 0.162. The van der Waals surface area contributed by atoms with Gasteiger partial charge in [-0.25, -0.2) is 0 Å². The summed E-state index contributed by atoms with van der Waals surface area (Å²) < 4.78 is 5.31. The molecule has 0 radical (unpaired) electrons. The minimum Gasteiger partial charge on any atom is -0.364 e. The van der Waals surface area contributed by atoms with Crippen LogP contribution >= 0.6 is 0 Å². The zero-order valence-electron chi connectivity index (χ0n) is 7.69. The molecule has 0 unspecified atom stereocenters. The fraction of sp³-hybridized carbons (Fsp3) is 1.00. The van der Waals surface area contributed by atoms with E-state index in [-0.39, 0.29) is 5.54 Å². The fourth-order valence-corrected chi connectivity index (χ4v) is 0.425. The van der Waals surface area contributed by atoms with Crippen molar-refractivity contribution in [3.63, 3.8) is 0 Å². The summed E-state index contributed by atoms with van der Waals surface area (Å²) >= 11 is 0. The van der Waals surface area contributed by atoms with Gasteiger partial charge in [0.05, 0.1) is 12.8 Å². The molecule has 2 nitrogen and oxygen atoms in total. The lowest BCUT2D eigenvalue weighted by atomic mass is 10.1. The Hall–Kier alpha value is -0.0800. The second-order valence-electron chi connectivity index (χ2n) is 3.79. The first-order valence-electron chi connectivity index (χ1n) is 3.78. The molecule has 0 atom stereocenters. The zero-order chi connectivity index (χ0) is 8.20. The molecule has 0 spiro atoms. The Morgan fingerprint density at radius 1 is 1.30 bits per heavy atom. The normalized spacial score (nSPS) is 12.6. The summed E-state index contributed by atoms with van der Waals surface area (Å²) in [7, 11) is 0. The van der Waals surface area contributed by atoms with Crippen LogP contribution in [-0.4, -0.2) is 18.4 Å². The van der Waals surface area contributed by atoms with Gasteiger partial charge in [0.1, 0.15) is 0 Å². The van der Waals surface area contributed by atoms with Gasteiger partial charge in [-0.05, 0) is 34.6 Å². The summed E-state index contributed by atoms with van der Waals surface area (Å²) in [5.74, 6) is 0. The van der Waals surface area contributed by atoms with Crippen molar-refractivity contribution in [2.75, 3.05) is 6.73 Å². The highest BCUT2D eigenvalue weighted by molar-refractivity contribution is 4.67. The zero-order valence-corrected chi connectivity index (χ0v) is 7.69. The van der Waals surface area contributed by atoms with Crippen molar-refractivity contribution >= 4 is 0 Å². The molecule has 62 valence electrons. The first kappa shape index (κ1) is 9.92. The van der Waals surface area contributed by atoms with Crippen molar-refractivity contribution in [1.29, 1.82) is 0 Å². The molecule has 0 aromatic heterocycles. The van der Waals surface area contributed by atoms with E-state index in [9.17, 15) is 0 Å². The molecule has 2 heteroatoms. The summed E-state index contributed by atoms with van der Waals surface area (Å²) in [5.41, 5.74) is 0.162. The van der Waals surface area contributed by atoms with E-state index < -0.39 is 0 Å². The van der Waals surface area contributed by atoms with Gasteiger partial charge in [-0.15, -0.1) is 0 Å². The Kier molecular flexibility index (Phi) is 3.91. The molecule has 0 aliphatic carbocycles. The van der Waals surface area contributed by atoms with E-state index in [2.05, 4.69) is 26.1 Å². The molecule has 0 fully saturated rings. The molecule has 10 heavy (non-hydrogen) atoms. The summed E-state index contributed by atoms with van der Waals surface area (Å²) in [6.45, 7) is 11.1. The van der Waals surface area contributed by atoms with Crippen LogP contribution in [-0.2, 0) is 4.74 Å². The maximum absolute atomic E-state index is 5.31. The van der Waals surface area contributed by atoms with Gasteiger partial charge >= 0.3 is 0 Å². The average molecular weight is 145 g/mol. The molecule has 0 aromatic carbocycles. The van der Waals surface area contributed by atoms with Gasteiger partial charge in [-0.1, -0.05) is 0 Å². The number of hydrogen-bond donors (Lipinski definition) is 1. The monoisotopic (exact) mass is 145 g/mol. The van der Waals surface area contributed by atoms with Crippen molar-refractivity contribution in [2.45, 2.75) is 46.3 Å². The third-order valence-corrected chi connectivity index (χ3v) is 1.02. The van der Waals surface area contributed by atoms with Gasteiger partial charge in [-0.2, -0.15) is 0 Å². The van der Waals surface area contributed by atoms with E-state index in [1.807, 2.05) is 13.8 Å². The molecule has 0 amide bonds. The van der Waals surface area contributed by atoms with Gasteiger partial charge < -0.3 is 4.74 Å². The average Bonchev–Trinajstić information content (AvgIpc) is 1.59. The standard InChI is InChI=1S/C8H19NO/c1-7(2)10-6-9-8(3,4)5/h7,9H,6H2,1-5H3. The quantitative estimate of drug-likeness (QED) is 0.611. The highest BCUT2D eigenvalue weighted by Crippen LogP contribution is 1.97. The molecule has 0 aliphatic heterocycles. The first-order chi connectivity index (χ1) is 4.42. The summed E-state index contributed by atoms with van der Waals surface area (Å²) in [5, 5.41) is 3.23. The van der Waals surface area contributed by atoms with Crippen molar-refractivity contribution in [3.05, 3.63) is 0 Å². The molecule has 0 bridgehead atoms. The molecule has 1 N–H and O–H groups in total. The Labute approximate surface area is 64.0 Å². The van der Waals surface area contributed by atoms with Crippen molar-refractivity contribution in [1.82, 2.24) is 5.32 Å². The van der Waals surface area contributed by atoms with E-state index in [1.54, 1.807) is 0 Å². The van der Waals surface area contributed by atoms with Crippen LogP contribution in [0.3, 0.4) is 0 Å². The number of nitrogens with one attached hydrogen (secondary N) is 1. The molecule has 0 aromatic rings. The van der Waals surface area contributed by atoms with Crippen LogP contribution in [0.2, 0.25) is 0 Å². The lowest BCUT2D eigenvalue weighted by Gasteiger charge is -2.21. The largest absolute Gasteiger partial charge is 0.364 e. The summed E-state index contributed by atoms with van der Waals surface area (Å²) in [6.07, 6.45) is 0.315. The number of rotatable bonds is 3. The molecule has 0 rings (SSSR count). The van der Waals surface area contributed by atoms with Gasteiger partial charge in [0.25, 0.3) is 0 Å². The molecular weight excluding hydrogens is 126 g/mol. The van der Waals surface area contributed by atoms with E-state index in [4.69, 9.17) is 4.74 Å². The van der Waals surface area contributed by atoms with Crippen LogP contribution in [0.5, 0.6) is 0 Å². The molecule has 0 heterocycles. The van der Waals surface area contributed by atoms with E-state index in [0.717, 1.165) is 0 Å². The fourth-order valence-electron chi connectivity index (χ4n) is 0.425. The van der Waals surface area contributed by atoms with Crippen LogP contribution in [0.25, 0.3) is 0 Å².